The van der Waals surface area contributed by atoms with Crippen LogP contribution < -0.4 is 9.46 Å². The molecule has 92 valence electrons. The molecule has 0 heterocycles. The van der Waals surface area contributed by atoms with Crippen LogP contribution in [-0.2, 0) is 10.0 Å². The van der Waals surface area contributed by atoms with E-state index in [0.29, 0.717) is 0 Å². The van der Waals surface area contributed by atoms with Crippen LogP contribution in [0.15, 0.2) is 18.2 Å². The summed E-state index contributed by atoms with van der Waals surface area (Å²) >= 11 is 0. The molecule has 0 spiro atoms. The number of rotatable bonds is 4. The Hall–Kier alpha value is -1.88. The number of methoxy groups -OCH3 is 1. The van der Waals surface area contributed by atoms with Crippen molar-refractivity contribution >= 4 is 15.7 Å². The third-order valence-corrected chi connectivity index (χ3v) is 2.79. The second-order valence-electron chi connectivity index (χ2n) is 2.93. The molecule has 0 aliphatic heterocycles. The van der Waals surface area contributed by atoms with E-state index in [1.165, 1.54) is 25.3 Å². The maximum Gasteiger partial charge on any atom is 0.355 e. The molecular formula is C9H8F2N2O3S. The molecule has 0 amide bonds. The number of nitriles is 1. The van der Waals surface area contributed by atoms with E-state index in [0.717, 1.165) is 0 Å². The highest BCUT2D eigenvalue weighted by atomic mass is 32.2. The zero-order chi connectivity index (χ0) is 13.1. The Morgan fingerprint density at radius 1 is 1.47 bits per heavy atom. The van der Waals surface area contributed by atoms with Gasteiger partial charge < -0.3 is 4.74 Å². The van der Waals surface area contributed by atoms with Crippen molar-refractivity contribution in [3.05, 3.63) is 23.8 Å². The SMILES string of the molecule is COc1cc(C#N)ccc1NS(=O)(=O)C(F)F. The number of halogens is 2. The van der Waals surface area contributed by atoms with Crippen LogP contribution in [0.5, 0.6) is 5.75 Å². The Morgan fingerprint density at radius 2 is 2.12 bits per heavy atom. The largest absolute Gasteiger partial charge is 0.495 e. The second-order valence-corrected chi connectivity index (χ2v) is 4.59. The molecule has 0 aliphatic rings. The van der Waals surface area contributed by atoms with E-state index in [9.17, 15) is 17.2 Å². The first-order valence-electron chi connectivity index (χ1n) is 4.28. The highest BCUT2D eigenvalue weighted by Crippen LogP contribution is 2.27. The van der Waals surface area contributed by atoms with Crippen LogP contribution in [0.3, 0.4) is 0 Å². The van der Waals surface area contributed by atoms with E-state index in [-0.39, 0.29) is 17.0 Å². The van der Waals surface area contributed by atoms with E-state index >= 15 is 0 Å². The van der Waals surface area contributed by atoms with Crippen molar-refractivity contribution in [2.45, 2.75) is 5.76 Å². The van der Waals surface area contributed by atoms with Crippen LogP contribution in [-0.4, -0.2) is 21.3 Å². The highest BCUT2D eigenvalue weighted by Gasteiger charge is 2.24. The van der Waals surface area contributed by atoms with Gasteiger partial charge in [-0.15, -0.1) is 0 Å². The van der Waals surface area contributed by atoms with Crippen molar-refractivity contribution < 1.29 is 21.9 Å². The number of benzene rings is 1. The fraction of sp³-hybridized carbons (Fsp3) is 0.222. The highest BCUT2D eigenvalue weighted by molar-refractivity contribution is 7.93. The Labute approximate surface area is 96.7 Å². The standard InChI is InChI=1S/C9H8F2N2O3S/c1-16-8-4-6(5-12)2-3-7(8)13-17(14,15)9(10)11/h2-4,9,13H,1H3. The Balaban J connectivity index is 3.13. The summed E-state index contributed by atoms with van der Waals surface area (Å²) in [5, 5.41) is 8.61. The van der Waals surface area contributed by atoms with Crippen molar-refractivity contribution in [3.8, 4) is 11.8 Å². The molecule has 1 aromatic carbocycles. The molecule has 8 heteroatoms. The molecule has 0 aliphatic carbocycles. The molecule has 0 saturated heterocycles. The van der Waals surface area contributed by atoms with Crippen molar-refractivity contribution in [3.63, 3.8) is 0 Å². The third-order valence-electron chi connectivity index (χ3n) is 1.82. The van der Waals surface area contributed by atoms with Gasteiger partial charge in [0, 0.05) is 6.07 Å². The quantitative estimate of drug-likeness (QED) is 0.892. The molecule has 1 aromatic rings. The summed E-state index contributed by atoms with van der Waals surface area (Å²) in [6, 6.07) is 5.51. The molecule has 1 N–H and O–H groups in total. The van der Waals surface area contributed by atoms with Crippen molar-refractivity contribution in [2.75, 3.05) is 11.8 Å². The third kappa shape index (κ3) is 3.04. The van der Waals surface area contributed by atoms with Gasteiger partial charge in [0.05, 0.1) is 24.4 Å². The minimum atomic E-state index is -4.75. The van der Waals surface area contributed by atoms with Gasteiger partial charge in [0.1, 0.15) is 5.75 Å². The van der Waals surface area contributed by atoms with Crippen LogP contribution in [0.4, 0.5) is 14.5 Å². The van der Waals surface area contributed by atoms with Crippen molar-refractivity contribution in [1.29, 1.82) is 5.26 Å². The average molecular weight is 262 g/mol. The lowest BCUT2D eigenvalue weighted by Crippen LogP contribution is -2.20. The summed E-state index contributed by atoms with van der Waals surface area (Å²) in [6.07, 6.45) is 0. The number of nitrogens with zero attached hydrogens (tertiary/aromatic N) is 1. The predicted octanol–water partition coefficient (Wildman–Crippen LogP) is 1.53. The van der Waals surface area contributed by atoms with E-state index in [1.54, 1.807) is 4.72 Å². The Morgan fingerprint density at radius 3 is 2.59 bits per heavy atom. The van der Waals surface area contributed by atoms with Gasteiger partial charge in [-0.05, 0) is 12.1 Å². The minimum Gasteiger partial charge on any atom is -0.495 e. The van der Waals surface area contributed by atoms with Crippen LogP contribution in [0.25, 0.3) is 0 Å². The molecule has 0 atom stereocenters. The van der Waals surface area contributed by atoms with Gasteiger partial charge in [-0.2, -0.15) is 14.0 Å². The second kappa shape index (κ2) is 4.97. The Bertz CT molecular complexity index is 552. The zero-order valence-corrected chi connectivity index (χ0v) is 9.46. The van der Waals surface area contributed by atoms with Crippen LogP contribution >= 0.6 is 0 Å². The fourth-order valence-corrected chi connectivity index (χ4v) is 1.61. The van der Waals surface area contributed by atoms with E-state index in [4.69, 9.17) is 10.00 Å². The molecule has 1 rings (SSSR count). The first-order valence-corrected chi connectivity index (χ1v) is 5.83. The van der Waals surface area contributed by atoms with Gasteiger partial charge in [0.25, 0.3) is 10.0 Å². The molecule has 5 nitrogen and oxygen atoms in total. The van der Waals surface area contributed by atoms with Crippen molar-refractivity contribution in [2.24, 2.45) is 0 Å². The topological polar surface area (TPSA) is 79.2 Å². The number of hydrogen-bond donors (Lipinski definition) is 1. The van der Waals surface area contributed by atoms with Gasteiger partial charge in [-0.1, -0.05) is 0 Å². The van der Waals surface area contributed by atoms with Crippen LogP contribution in [0.2, 0.25) is 0 Å². The minimum absolute atomic E-state index is 0.00623. The normalized spacial score (nSPS) is 11.0. The Kier molecular flexibility index (Phi) is 3.85. The maximum absolute atomic E-state index is 12.1. The zero-order valence-electron chi connectivity index (χ0n) is 8.65. The van der Waals surface area contributed by atoms with Crippen LogP contribution in [0.1, 0.15) is 5.56 Å². The lowest BCUT2D eigenvalue weighted by Gasteiger charge is -2.11. The fourth-order valence-electron chi connectivity index (χ4n) is 1.04. The molecule has 17 heavy (non-hydrogen) atoms. The van der Waals surface area contributed by atoms with E-state index < -0.39 is 15.8 Å². The molecule has 0 unspecified atom stereocenters. The summed E-state index contributed by atoms with van der Waals surface area (Å²) in [4.78, 5) is 0. The molecule has 0 saturated carbocycles. The lowest BCUT2D eigenvalue weighted by molar-refractivity contribution is 0.236. The number of hydrogen-bond acceptors (Lipinski definition) is 4. The van der Waals surface area contributed by atoms with Gasteiger partial charge in [-0.3, -0.25) is 4.72 Å². The van der Waals surface area contributed by atoms with E-state index in [1.807, 2.05) is 6.07 Å². The summed E-state index contributed by atoms with van der Waals surface area (Å²) in [6.45, 7) is 0. The summed E-state index contributed by atoms with van der Waals surface area (Å²) in [5.74, 6) is -3.55. The van der Waals surface area contributed by atoms with Gasteiger partial charge >= 0.3 is 5.76 Å². The summed E-state index contributed by atoms with van der Waals surface area (Å²) in [7, 11) is -3.52. The smallest absolute Gasteiger partial charge is 0.355 e. The number of anilines is 1. The van der Waals surface area contributed by atoms with Gasteiger partial charge in [0.15, 0.2) is 0 Å². The number of sulfonamides is 1. The maximum atomic E-state index is 12.1. The first-order chi connectivity index (χ1) is 7.90. The number of alkyl halides is 2. The number of ether oxygens (including phenoxy) is 1. The molecule has 0 bridgehead atoms. The number of nitrogens with one attached hydrogen (secondary N) is 1. The molecular weight excluding hydrogens is 254 g/mol. The monoisotopic (exact) mass is 262 g/mol. The first kappa shape index (κ1) is 13.2. The van der Waals surface area contributed by atoms with Crippen LogP contribution in [0, 0.1) is 11.3 Å². The van der Waals surface area contributed by atoms with Crippen molar-refractivity contribution in [1.82, 2.24) is 0 Å². The lowest BCUT2D eigenvalue weighted by atomic mass is 10.2. The molecule has 0 aromatic heterocycles. The molecule has 0 fully saturated rings. The summed E-state index contributed by atoms with van der Waals surface area (Å²) < 4.78 is 52.6. The average Bonchev–Trinajstić information content (AvgIpc) is 2.29. The predicted molar refractivity (Wildman–Crippen MR) is 56.3 cm³/mol. The van der Waals surface area contributed by atoms with Gasteiger partial charge in [0.2, 0.25) is 0 Å². The molecule has 0 radical (unpaired) electrons. The van der Waals surface area contributed by atoms with Gasteiger partial charge in [-0.25, -0.2) is 8.42 Å². The summed E-state index contributed by atoms with van der Waals surface area (Å²) in [5.41, 5.74) is 0.0774. The van der Waals surface area contributed by atoms with E-state index in [2.05, 4.69) is 0 Å².